The topological polar surface area (TPSA) is 81.0 Å². The molecule has 35 heavy (non-hydrogen) atoms. The van der Waals surface area contributed by atoms with Crippen LogP contribution in [0.3, 0.4) is 0 Å². The number of nitrogens with zero attached hydrogens (tertiary/aromatic N) is 1. The van der Waals surface area contributed by atoms with Gasteiger partial charge in [-0.05, 0) is 53.1 Å². The minimum atomic E-state index is -0.247. The maximum Gasteiger partial charge on any atom is 0.294 e. The van der Waals surface area contributed by atoms with E-state index in [-0.39, 0.29) is 30.8 Å². The van der Waals surface area contributed by atoms with Gasteiger partial charge in [-0.2, -0.15) is 0 Å². The van der Waals surface area contributed by atoms with Crippen LogP contribution >= 0.6 is 0 Å². The summed E-state index contributed by atoms with van der Waals surface area (Å²) in [5.41, 5.74) is 3.40. The number of fused-ring (bicyclic) bond motifs is 1. The van der Waals surface area contributed by atoms with Crippen LogP contribution in [0.15, 0.2) is 95.6 Å². The zero-order chi connectivity index (χ0) is 24.0. The number of ether oxygens (including phenoxy) is 2. The first kappa shape index (κ1) is 22.3. The van der Waals surface area contributed by atoms with Crippen LogP contribution in [0, 0.1) is 0 Å². The van der Waals surface area contributed by atoms with Gasteiger partial charge in [-0.1, -0.05) is 48.5 Å². The number of hydrogen-bond donors (Lipinski definition) is 1. The van der Waals surface area contributed by atoms with Crippen LogP contribution in [0.25, 0.3) is 0 Å². The third-order valence-corrected chi connectivity index (χ3v) is 5.67. The maximum atomic E-state index is 13.2. The van der Waals surface area contributed by atoms with E-state index in [1.807, 2.05) is 72.8 Å². The van der Waals surface area contributed by atoms with Crippen LogP contribution in [0.1, 0.15) is 27.2 Å². The molecule has 0 aliphatic carbocycles. The minimum absolute atomic E-state index is 0.119. The number of carbonyl (C=O) groups excluding carboxylic acids is 2. The van der Waals surface area contributed by atoms with E-state index in [2.05, 4.69) is 5.32 Å². The Balaban J connectivity index is 1.29. The summed E-state index contributed by atoms with van der Waals surface area (Å²) in [7, 11) is 0. The second-order valence-corrected chi connectivity index (χ2v) is 8.17. The molecule has 0 spiro atoms. The molecule has 7 nitrogen and oxygen atoms in total. The van der Waals surface area contributed by atoms with E-state index in [1.54, 1.807) is 17.0 Å². The van der Waals surface area contributed by atoms with Gasteiger partial charge >= 0.3 is 0 Å². The first-order chi connectivity index (χ1) is 17.2. The molecule has 0 saturated heterocycles. The lowest BCUT2D eigenvalue weighted by Gasteiger charge is -2.23. The Kier molecular flexibility index (Phi) is 6.48. The average Bonchev–Trinajstić information content (AvgIpc) is 3.59. The summed E-state index contributed by atoms with van der Waals surface area (Å²) < 4.78 is 16.1. The predicted molar refractivity (Wildman–Crippen MR) is 130 cm³/mol. The molecule has 5 rings (SSSR count). The summed E-state index contributed by atoms with van der Waals surface area (Å²) in [4.78, 5) is 27.5. The molecular formula is C28H24N2O5. The minimum Gasteiger partial charge on any atom is -0.459 e. The molecule has 1 aliphatic heterocycles. The summed E-state index contributed by atoms with van der Waals surface area (Å²) in [6.45, 7) is 0.970. The van der Waals surface area contributed by atoms with Crippen LogP contribution in [0.2, 0.25) is 0 Å². The predicted octanol–water partition coefficient (Wildman–Crippen LogP) is 4.71. The first-order valence-corrected chi connectivity index (χ1v) is 11.3. The van der Waals surface area contributed by atoms with Crippen LogP contribution in [-0.4, -0.2) is 18.6 Å². The number of amides is 2. The quantitative estimate of drug-likeness (QED) is 0.405. The smallest absolute Gasteiger partial charge is 0.294 e. The molecular weight excluding hydrogens is 444 g/mol. The highest BCUT2D eigenvalue weighted by Gasteiger charge is 2.21. The number of carbonyl (C=O) groups is 2. The lowest BCUT2D eigenvalue weighted by molar-refractivity contribution is -0.120. The summed E-state index contributed by atoms with van der Waals surface area (Å²) in [6.07, 6.45) is 1.67. The molecule has 7 heteroatoms. The molecule has 0 saturated carbocycles. The van der Waals surface area contributed by atoms with Crippen molar-refractivity contribution in [2.24, 2.45) is 0 Å². The zero-order valence-electron chi connectivity index (χ0n) is 19.0. The van der Waals surface area contributed by atoms with E-state index in [1.165, 1.54) is 6.26 Å². The number of hydrogen-bond acceptors (Lipinski definition) is 5. The summed E-state index contributed by atoms with van der Waals surface area (Å²) >= 11 is 0. The second-order valence-electron chi connectivity index (χ2n) is 8.17. The molecule has 0 radical (unpaired) electrons. The zero-order valence-corrected chi connectivity index (χ0v) is 19.0. The van der Waals surface area contributed by atoms with Crippen molar-refractivity contribution in [1.82, 2.24) is 5.32 Å². The number of rotatable bonds is 8. The van der Waals surface area contributed by atoms with E-state index in [4.69, 9.17) is 13.9 Å². The monoisotopic (exact) mass is 468 g/mol. The molecule has 2 heterocycles. The first-order valence-electron chi connectivity index (χ1n) is 11.3. The lowest BCUT2D eigenvalue weighted by atomic mass is 10.1. The molecule has 1 N–H and O–H groups in total. The van der Waals surface area contributed by atoms with E-state index in [9.17, 15) is 9.59 Å². The van der Waals surface area contributed by atoms with E-state index >= 15 is 0 Å². The SMILES string of the molecule is O=C(Cc1cccc(N(Cc2ccccc2)C(=O)c2ccco2)c1)NCc1ccc2c(c1)OCO2. The Labute approximate surface area is 202 Å². The molecule has 0 bridgehead atoms. The van der Waals surface area contributed by atoms with Crippen molar-refractivity contribution < 1.29 is 23.5 Å². The van der Waals surface area contributed by atoms with Crippen molar-refractivity contribution in [3.05, 3.63) is 114 Å². The Bertz CT molecular complexity index is 1320. The highest BCUT2D eigenvalue weighted by molar-refractivity contribution is 6.04. The summed E-state index contributed by atoms with van der Waals surface area (Å²) in [6, 6.07) is 26.1. The fourth-order valence-corrected chi connectivity index (χ4v) is 3.91. The molecule has 0 unspecified atom stereocenters. The van der Waals surface area contributed by atoms with E-state index < -0.39 is 0 Å². The molecule has 1 aliphatic rings. The van der Waals surface area contributed by atoms with Crippen molar-refractivity contribution in [2.75, 3.05) is 11.7 Å². The van der Waals surface area contributed by atoms with Crippen LogP contribution < -0.4 is 19.7 Å². The molecule has 4 aromatic rings. The lowest BCUT2D eigenvalue weighted by Crippen LogP contribution is -2.30. The van der Waals surface area contributed by atoms with Crippen molar-refractivity contribution in [2.45, 2.75) is 19.5 Å². The third kappa shape index (κ3) is 5.35. The largest absolute Gasteiger partial charge is 0.459 e. The highest BCUT2D eigenvalue weighted by Crippen LogP contribution is 2.32. The molecule has 3 aromatic carbocycles. The van der Waals surface area contributed by atoms with Gasteiger partial charge in [0.25, 0.3) is 5.91 Å². The number of furan rings is 1. The number of anilines is 1. The van der Waals surface area contributed by atoms with E-state index in [0.29, 0.717) is 30.3 Å². The molecule has 0 fully saturated rings. The van der Waals surface area contributed by atoms with E-state index in [0.717, 1.165) is 16.7 Å². The van der Waals surface area contributed by atoms with Crippen LogP contribution in [0.5, 0.6) is 11.5 Å². The van der Waals surface area contributed by atoms with Gasteiger partial charge in [0.15, 0.2) is 17.3 Å². The second kappa shape index (κ2) is 10.2. The van der Waals surface area contributed by atoms with Crippen molar-refractivity contribution >= 4 is 17.5 Å². The summed E-state index contributed by atoms with van der Waals surface area (Å²) in [5, 5.41) is 2.94. The van der Waals surface area contributed by atoms with Gasteiger partial charge in [-0.15, -0.1) is 0 Å². The van der Waals surface area contributed by atoms with Gasteiger partial charge in [-0.25, -0.2) is 0 Å². The van der Waals surface area contributed by atoms with Gasteiger partial charge in [-0.3, -0.25) is 9.59 Å². The normalized spacial score (nSPS) is 11.8. The molecule has 176 valence electrons. The Hall–Kier alpha value is -4.52. The fraction of sp³-hybridized carbons (Fsp3) is 0.143. The van der Waals surface area contributed by atoms with Gasteiger partial charge in [0.2, 0.25) is 12.7 Å². The summed E-state index contributed by atoms with van der Waals surface area (Å²) in [5.74, 6) is 1.29. The number of benzene rings is 3. The van der Waals surface area contributed by atoms with Crippen LogP contribution in [-0.2, 0) is 24.3 Å². The average molecular weight is 469 g/mol. The Morgan fingerprint density at radius 2 is 1.63 bits per heavy atom. The van der Waals surface area contributed by atoms with Gasteiger partial charge in [0.05, 0.1) is 19.2 Å². The molecule has 2 amide bonds. The Morgan fingerprint density at radius 3 is 2.46 bits per heavy atom. The highest BCUT2D eigenvalue weighted by atomic mass is 16.7. The van der Waals surface area contributed by atoms with Crippen molar-refractivity contribution in [3.8, 4) is 11.5 Å². The fourth-order valence-electron chi connectivity index (χ4n) is 3.91. The molecule has 1 aromatic heterocycles. The van der Waals surface area contributed by atoms with Gasteiger partial charge in [0, 0.05) is 12.2 Å². The molecule has 0 atom stereocenters. The standard InChI is InChI=1S/C28H24N2O5/c31-27(29-17-22-11-12-24-26(15-22)35-19-34-24)16-21-8-4-9-23(14-21)30(18-20-6-2-1-3-7-20)28(32)25-10-5-13-33-25/h1-15H,16-19H2,(H,29,31). The van der Waals surface area contributed by atoms with Crippen molar-refractivity contribution in [3.63, 3.8) is 0 Å². The van der Waals surface area contributed by atoms with Crippen LogP contribution in [0.4, 0.5) is 5.69 Å². The van der Waals surface area contributed by atoms with Crippen molar-refractivity contribution in [1.29, 1.82) is 0 Å². The van der Waals surface area contributed by atoms with Gasteiger partial charge in [0.1, 0.15) is 0 Å². The van der Waals surface area contributed by atoms with Gasteiger partial charge < -0.3 is 24.1 Å². The number of nitrogens with one attached hydrogen (secondary N) is 1. The Morgan fingerprint density at radius 1 is 0.800 bits per heavy atom. The third-order valence-electron chi connectivity index (χ3n) is 5.67. The maximum absolute atomic E-state index is 13.2.